The Labute approximate surface area is 90.3 Å². The number of nitrogens with two attached hydrogens (primary N) is 1. The van der Waals surface area contributed by atoms with Crippen molar-refractivity contribution in [1.29, 1.82) is 0 Å². The summed E-state index contributed by atoms with van der Waals surface area (Å²) < 4.78 is 5.61. The Balaban J connectivity index is 2.19. The largest absolute Gasteiger partial charge is 0.464 e. The van der Waals surface area contributed by atoms with Crippen molar-refractivity contribution >= 4 is 0 Å². The van der Waals surface area contributed by atoms with E-state index in [1.807, 2.05) is 19.1 Å². The van der Waals surface area contributed by atoms with E-state index in [-0.39, 0.29) is 6.04 Å². The molecule has 0 bridgehead atoms. The molecule has 82 valence electrons. The summed E-state index contributed by atoms with van der Waals surface area (Å²) in [4.78, 5) is 0. The molecule has 3 nitrogen and oxygen atoms in total. The first-order valence-corrected chi connectivity index (χ1v) is 5.52. The fraction of sp³-hybridized carbons (Fsp3) is 0.500. The van der Waals surface area contributed by atoms with E-state index in [4.69, 9.17) is 10.3 Å². The fourth-order valence-corrected chi connectivity index (χ4v) is 2.11. The molecule has 1 aromatic heterocycles. The van der Waals surface area contributed by atoms with Crippen LogP contribution in [0.4, 0.5) is 0 Å². The molecule has 0 spiro atoms. The van der Waals surface area contributed by atoms with Crippen molar-refractivity contribution in [1.82, 2.24) is 5.43 Å². The second kappa shape index (κ2) is 4.64. The molecular formula is C12H18N2O. The van der Waals surface area contributed by atoms with Gasteiger partial charge in [0.25, 0.3) is 0 Å². The van der Waals surface area contributed by atoms with Crippen LogP contribution in [0.15, 0.2) is 28.2 Å². The molecule has 0 aromatic carbocycles. The van der Waals surface area contributed by atoms with Crippen LogP contribution in [-0.2, 0) is 0 Å². The van der Waals surface area contributed by atoms with E-state index < -0.39 is 0 Å². The van der Waals surface area contributed by atoms with Gasteiger partial charge in [-0.2, -0.15) is 0 Å². The van der Waals surface area contributed by atoms with Crippen LogP contribution in [0.25, 0.3) is 0 Å². The second-order valence-electron chi connectivity index (χ2n) is 4.07. The van der Waals surface area contributed by atoms with Crippen LogP contribution >= 0.6 is 0 Å². The zero-order valence-electron chi connectivity index (χ0n) is 9.12. The summed E-state index contributed by atoms with van der Waals surface area (Å²) in [7, 11) is 0. The van der Waals surface area contributed by atoms with Gasteiger partial charge >= 0.3 is 0 Å². The number of nitrogens with one attached hydrogen (secondary N) is 1. The van der Waals surface area contributed by atoms with Crippen molar-refractivity contribution in [3.63, 3.8) is 0 Å². The molecule has 1 heterocycles. The van der Waals surface area contributed by atoms with Gasteiger partial charge < -0.3 is 4.42 Å². The van der Waals surface area contributed by atoms with E-state index in [0.29, 0.717) is 0 Å². The van der Waals surface area contributed by atoms with Crippen LogP contribution in [0.3, 0.4) is 0 Å². The van der Waals surface area contributed by atoms with Gasteiger partial charge in [-0.3, -0.25) is 5.84 Å². The van der Waals surface area contributed by atoms with Crippen molar-refractivity contribution in [3.05, 3.63) is 35.3 Å². The molecule has 0 radical (unpaired) electrons. The second-order valence-corrected chi connectivity index (χ2v) is 4.07. The summed E-state index contributed by atoms with van der Waals surface area (Å²) in [6, 6.07) is 4.03. The van der Waals surface area contributed by atoms with E-state index in [0.717, 1.165) is 24.4 Å². The van der Waals surface area contributed by atoms with E-state index in [9.17, 15) is 0 Å². The molecule has 0 saturated heterocycles. The van der Waals surface area contributed by atoms with Gasteiger partial charge in [0, 0.05) is 0 Å². The van der Waals surface area contributed by atoms with Gasteiger partial charge in [-0.25, -0.2) is 5.43 Å². The van der Waals surface area contributed by atoms with Gasteiger partial charge in [-0.05, 0) is 50.3 Å². The molecule has 2 rings (SSSR count). The lowest BCUT2D eigenvalue weighted by molar-refractivity contribution is 0.421. The summed E-state index contributed by atoms with van der Waals surface area (Å²) >= 11 is 0. The van der Waals surface area contributed by atoms with Gasteiger partial charge in [0.05, 0.1) is 6.04 Å². The van der Waals surface area contributed by atoms with E-state index in [1.165, 1.54) is 18.4 Å². The molecule has 0 fully saturated rings. The topological polar surface area (TPSA) is 51.2 Å². The minimum absolute atomic E-state index is 0.0546. The summed E-state index contributed by atoms with van der Waals surface area (Å²) in [5.74, 6) is 7.45. The maximum Gasteiger partial charge on any atom is 0.126 e. The Morgan fingerprint density at radius 1 is 1.40 bits per heavy atom. The Morgan fingerprint density at radius 3 is 2.80 bits per heavy atom. The molecule has 1 unspecified atom stereocenters. The van der Waals surface area contributed by atoms with Crippen LogP contribution in [0, 0.1) is 6.92 Å². The third-order valence-electron chi connectivity index (χ3n) is 2.91. The minimum atomic E-state index is 0.0546. The maximum atomic E-state index is 5.61. The lowest BCUT2D eigenvalue weighted by atomic mass is 9.93. The number of hydrogen-bond acceptors (Lipinski definition) is 3. The molecule has 0 aliphatic heterocycles. The number of hydrogen-bond donors (Lipinski definition) is 2. The highest BCUT2D eigenvalue weighted by Crippen LogP contribution is 2.29. The molecule has 1 aromatic rings. The van der Waals surface area contributed by atoms with Crippen LogP contribution in [0.1, 0.15) is 43.2 Å². The first kappa shape index (κ1) is 10.5. The van der Waals surface area contributed by atoms with Crippen LogP contribution in [0.5, 0.6) is 0 Å². The highest BCUT2D eigenvalue weighted by Gasteiger charge is 2.19. The number of furan rings is 1. The molecule has 15 heavy (non-hydrogen) atoms. The predicted octanol–water partition coefficient (Wildman–Crippen LogP) is 2.59. The summed E-state index contributed by atoms with van der Waals surface area (Å²) in [5, 5.41) is 0. The number of aryl methyl sites for hydroxylation is 1. The summed E-state index contributed by atoms with van der Waals surface area (Å²) in [6.45, 7) is 1.95. The monoisotopic (exact) mass is 206 g/mol. The number of rotatable bonds is 3. The number of hydrazine groups is 1. The quantitative estimate of drug-likeness (QED) is 0.454. The molecule has 3 heteroatoms. The fourth-order valence-electron chi connectivity index (χ4n) is 2.11. The molecule has 1 atom stereocenters. The molecule has 0 saturated carbocycles. The lowest BCUT2D eigenvalue weighted by Crippen LogP contribution is -2.29. The highest BCUT2D eigenvalue weighted by atomic mass is 16.3. The van der Waals surface area contributed by atoms with Gasteiger partial charge in [0.1, 0.15) is 11.5 Å². The van der Waals surface area contributed by atoms with Crippen LogP contribution in [-0.4, -0.2) is 0 Å². The van der Waals surface area contributed by atoms with Gasteiger partial charge in [-0.15, -0.1) is 0 Å². The van der Waals surface area contributed by atoms with Crippen molar-refractivity contribution in [2.75, 3.05) is 0 Å². The average Bonchev–Trinajstić information content (AvgIpc) is 2.68. The Kier molecular flexibility index (Phi) is 3.23. The zero-order valence-corrected chi connectivity index (χ0v) is 9.12. The van der Waals surface area contributed by atoms with Gasteiger partial charge in [-0.1, -0.05) is 6.08 Å². The van der Waals surface area contributed by atoms with Crippen LogP contribution < -0.4 is 11.3 Å². The molecule has 1 aliphatic carbocycles. The van der Waals surface area contributed by atoms with Gasteiger partial charge in [0.2, 0.25) is 0 Å². The van der Waals surface area contributed by atoms with Crippen molar-refractivity contribution in [2.45, 2.75) is 38.6 Å². The van der Waals surface area contributed by atoms with E-state index in [1.54, 1.807) is 0 Å². The smallest absolute Gasteiger partial charge is 0.126 e. The highest BCUT2D eigenvalue weighted by molar-refractivity contribution is 5.22. The lowest BCUT2D eigenvalue weighted by Gasteiger charge is -2.20. The summed E-state index contributed by atoms with van der Waals surface area (Å²) in [6.07, 6.45) is 7.11. The third kappa shape index (κ3) is 2.30. The predicted molar refractivity (Wildman–Crippen MR) is 60.1 cm³/mol. The summed E-state index contributed by atoms with van der Waals surface area (Å²) in [5.41, 5.74) is 4.20. The first-order chi connectivity index (χ1) is 7.31. The van der Waals surface area contributed by atoms with Crippen LogP contribution in [0.2, 0.25) is 0 Å². The van der Waals surface area contributed by atoms with E-state index >= 15 is 0 Å². The Bertz CT molecular complexity index is 354. The molecular weight excluding hydrogens is 188 g/mol. The average molecular weight is 206 g/mol. The molecule has 1 aliphatic rings. The van der Waals surface area contributed by atoms with Crippen molar-refractivity contribution < 1.29 is 4.42 Å². The molecule has 3 N–H and O–H groups in total. The van der Waals surface area contributed by atoms with Crippen molar-refractivity contribution in [3.8, 4) is 0 Å². The van der Waals surface area contributed by atoms with Gasteiger partial charge in [0.15, 0.2) is 0 Å². The minimum Gasteiger partial charge on any atom is -0.464 e. The number of allylic oxidation sites excluding steroid dienone is 1. The SMILES string of the molecule is Cc1ccc(C(NN)C2=CCCCC2)o1. The third-order valence-corrected chi connectivity index (χ3v) is 2.91. The van der Waals surface area contributed by atoms with E-state index in [2.05, 4.69) is 11.5 Å². The van der Waals surface area contributed by atoms with Crippen molar-refractivity contribution in [2.24, 2.45) is 5.84 Å². The zero-order chi connectivity index (χ0) is 10.7. The Hall–Kier alpha value is -1.06. The maximum absolute atomic E-state index is 5.61. The normalized spacial score (nSPS) is 18.7. The molecule has 0 amide bonds. The Morgan fingerprint density at radius 2 is 2.27 bits per heavy atom. The first-order valence-electron chi connectivity index (χ1n) is 5.52. The standard InChI is InChI=1S/C12H18N2O/c1-9-7-8-11(15-9)12(14-13)10-5-3-2-4-6-10/h5,7-8,12,14H,2-4,6,13H2,1H3.